The van der Waals surface area contributed by atoms with Crippen LogP contribution in [0.3, 0.4) is 0 Å². The van der Waals surface area contributed by atoms with Crippen molar-refractivity contribution in [1.29, 1.82) is 0 Å². The number of alkyl halides is 1. The molecule has 2 nitrogen and oxygen atoms in total. The number of rotatable bonds is 5. The quantitative estimate of drug-likeness (QED) is 0.729. The molecule has 3 heteroatoms. The molecule has 1 atom stereocenters. The molecule has 0 aliphatic heterocycles. The first-order chi connectivity index (χ1) is 5.83. The van der Waals surface area contributed by atoms with Crippen LogP contribution >= 0.6 is 15.9 Å². The van der Waals surface area contributed by atoms with Gasteiger partial charge in [0.1, 0.15) is 12.4 Å². The molecule has 0 radical (unpaired) electrons. The van der Waals surface area contributed by atoms with Gasteiger partial charge in [-0.15, -0.1) is 0 Å². The Kier molecular flexibility index (Phi) is 4.40. The van der Waals surface area contributed by atoms with Crippen molar-refractivity contribution in [2.45, 2.75) is 13.5 Å². The number of hydrogen-bond acceptors (Lipinski definition) is 2. The van der Waals surface area contributed by atoms with E-state index in [9.17, 15) is 0 Å². The summed E-state index contributed by atoms with van der Waals surface area (Å²) in [6.45, 7) is 3.48. The van der Waals surface area contributed by atoms with Gasteiger partial charge < -0.3 is 9.15 Å². The van der Waals surface area contributed by atoms with Gasteiger partial charge >= 0.3 is 0 Å². The summed E-state index contributed by atoms with van der Waals surface area (Å²) in [6.07, 6.45) is 1.66. The normalized spacial score (nSPS) is 13.2. The van der Waals surface area contributed by atoms with E-state index in [0.717, 1.165) is 17.7 Å². The summed E-state index contributed by atoms with van der Waals surface area (Å²) in [5.74, 6) is 1.44. The SMILES string of the molecule is CC(CBr)COCc1ccco1. The molecule has 1 aromatic rings. The van der Waals surface area contributed by atoms with Crippen LogP contribution in [0.1, 0.15) is 12.7 Å². The summed E-state index contributed by atoms with van der Waals surface area (Å²) in [5.41, 5.74) is 0. The molecular weight excluding hydrogens is 220 g/mol. The van der Waals surface area contributed by atoms with Gasteiger partial charge in [0.2, 0.25) is 0 Å². The average molecular weight is 233 g/mol. The third kappa shape index (κ3) is 3.41. The lowest BCUT2D eigenvalue weighted by molar-refractivity contribution is 0.0859. The van der Waals surface area contributed by atoms with Crippen LogP contribution in [-0.4, -0.2) is 11.9 Å². The number of hydrogen-bond donors (Lipinski definition) is 0. The van der Waals surface area contributed by atoms with Crippen molar-refractivity contribution < 1.29 is 9.15 Å². The molecule has 0 amide bonds. The highest BCUT2D eigenvalue weighted by Gasteiger charge is 2.00. The molecule has 0 saturated heterocycles. The maximum Gasteiger partial charge on any atom is 0.129 e. The predicted octanol–water partition coefficient (Wildman–Crippen LogP) is 2.83. The maximum atomic E-state index is 5.41. The molecule has 12 heavy (non-hydrogen) atoms. The zero-order chi connectivity index (χ0) is 8.81. The van der Waals surface area contributed by atoms with Gasteiger partial charge in [-0.3, -0.25) is 0 Å². The van der Waals surface area contributed by atoms with Crippen molar-refractivity contribution in [1.82, 2.24) is 0 Å². The van der Waals surface area contributed by atoms with Crippen molar-refractivity contribution in [3.63, 3.8) is 0 Å². The lowest BCUT2D eigenvalue weighted by Crippen LogP contribution is -2.06. The minimum atomic E-state index is 0.556. The number of ether oxygens (including phenoxy) is 1. The van der Waals surface area contributed by atoms with Crippen LogP contribution in [0.25, 0.3) is 0 Å². The molecule has 1 rings (SSSR count). The van der Waals surface area contributed by atoms with Crippen molar-refractivity contribution in [2.75, 3.05) is 11.9 Å². The molecule has 0 aliphatic rings. The zero-order valence-corrected chi connectivity index (χ0v) is 8.71. The van der Waals surface area contributed by atoms with Gasteiger partial charge in [0.05, 0.1) is 12.9 Å². The molecule has 1 unspecified atom stereocenters. The Hall–Kier alpha value is -0.280. The van der Waals surface area contributed by atoms with Gasteiger partial charge in [0.15, 0.2) is 0 Å². The van der Waals surface area contributed by atoms with Crippen LogP contribution in [0, 0.1) is 5.92 Å². The highest BCUT2D eigenvalue weighted by molar-refractivity contribution is 9.09. The fraction of sp³-hybridized carbons (Fsp3) is 0.556. The highest BCUT2D eigenvalue weighted by atomic mass is 79.9. The summed E-state index contributed by atoms with van der Waals surface area (Å²) in [6, 6.07) is 3.78. The van der Waals surface area contributed by atoms with E-state index >= 15 is 0 Å². The maximum absolute atomic E-state index is 5.41. The molecule has 0 saturated carbocycles. The van der Waals surface area contributed by atoms with E-state index in [-0.39, 0.29) is 0 Å². The van der Waals surface area contributed by atoms with E-state index in [4.69, 9.17) is 9.15 Å². The monoisotopic (exact) mass is 232 g/mol. The summed E-state index contributed by atoms with van der Waals surface area (Å²) < 4.78 is 10.5. The van der Waals surface area contributed by atoms with E-state index in [1.807, 2.05) is 12.1 Å². The summed E-state index contributed by atoms with van der Waals surface area (Å²) in [4.78, 5) is 0. The molecule has 0 bridgehead atoms. The second-order valence-corrected chi connectivity index (χ2v) is 3.50. The standard InChI is InChI=1S/C9H13BrO2/c1-8(5-10)6-11-7-9-3-2-4-12-9/h2-4,8H,5-7H2,1H3. The van der Waals surface area contributed by atoms with Crippen molar-refractivity contribution >= 4 is 15.9 Å². The molecule has 0 spiro atoms. The van der Waals surface area contributed by atoms with Crippen LogP contribution < -0.4 is 0 Å². The smallest absolute Gasteiger partial charge is 0.129 e. The van der Waals surface area contributed by atoms with Crippen LogP contribution in [0.5, 0.6) is 0 Å². The first-order valence-corrected chi connectivity index (χ1v) is 5.11. The highest BCUT2D eigenvalue weighted by Crippen LogP contribution is 2.05. The van der Waals surface area contributed by atoms with E-state index in [1.165, 1.54) is 0 Å². The molecule has 0 N–H and O–H groups in total. The third-order valence-electron chi connectivity index (χ3n) is 1.49. The molecular formula is C9H13BrO2. The summed E-state index contributed by atoms with van der Waals surface area (Å²) >= 11 is 3.39. The van der Waals surface area contributed by atoms with Gasteiger partial charge in [-0.05, 0) is 18.1 Å². The Labute approximate surface area is 81.0 Å². The Balaban J connectivity index is 2.11. The molecule has 1 aromatic heterocycles. The average Bonchev–Trinajstić information content (AvgIpc) is 2.57. The van der Waals surface area contributed by atoms with E-state index < -0.39 is 0 Å². The Morgan fingerprint density at radius 3 is 3.08 bits per heavy atom. The molecule has 0 fully saturated rings. The second kappa shape index (κ2) is 5.38. The fourth-order valence-electron chi connectivity index (χ4n) is 0.800. The Bertz CT molecular complexity index is 196. The lowest BCUT2D eigenvalue weighted by atomic mass is 10.2. The van der Waals surface area contributed by atoms with Crippen molar-refractivity contribution in [3.05, 3.63) is 24.2 Å². The summed E-state index contributed by atoms with van der Waals surface area (Å²) in [7, 11) is 0. The first kappa shape index (κ1) is 9.81. The topological polar surface area (TPSA) is 22.4 Å². The summed E-state index contributed by atoms with van der Waals surface area (Å²) in [5, 5.41) is 0.977. The van der Waals surface area contributed by atoms with Crippen molar-refractivity contribution in [2.24, 2.45) is 5.92 Å². The minimum Gasteiger partial charge on any atom is -0.467 e. The van der Waals surface area contributed by atoms with E-state index in [0.29, 0.717) is 12.5 Å². The van der Waals surface area contributed by atoms with Crippen LogP contribution in [-0.2, 0) is 11.3 Å². The fourth-order valence-corrected chi connectivity index (χ4v) is 0.987. The zero-order valence-electron chi connectivity index (χ0n) is 7.13. The number of furan rings is 1. The van der Waals surface area contributed by atoms with Gasteiger partial charge in [-0.2, -0.15) is 0 Å². The third-order valence-corrected chi connectivity index (χ3v) is 2.60. The number of halogens is 1. The van der Waals surface area contributed by atoms with Crippen LogP contribution in [0.15, 0.2) is 22.8 Å². The molecule has 68 valence electrons. The van der Waals surface area contributed by atoms with Crippen molar-refractivity contribution in [3.8, 4) is 0 Å². The van der Waals surface area contributed by atoms with Gasteiger partial charge in [0, 0.05) is 5.33 Å². The molecule has 0 aliphatic carbocycles. The van der Waals surface area contributed by atoms with Gasteiger partial charge in [-0.25, -0.2) is 0 Å². The largest absolute Gasteiger partial charge is 0.467 e. The van der Waals surface area contributed by atoms with Crippen LogP contribution in [0.2, 0.25) is 0 Å². The second-order valence-electron chi connectivity index (χ2n) is 2.85. The van der Waals surface area contributed by atoms with E-state index in [2.05, 4.69) is 22.9 Å². The lowest BCUT2D eigenvalue weighted by Gasteiger charge is -2.06. The molecule has 1 heterocycles. The predicted molar refractivity (Wildman–Crippen MR) is 51.3 cm³/mol. The van der Waals surface area contributed by atoms with E-state index in [1.54, 1.807) is 6.26 Å². The molecule has 0 aromatic carbocycles. The van der Waals surface area contributed by atoms with Gasteiger partial charge in [-0.1, -0.05) is 22.9 Å². The van der Waals surface area contributed by atoms with Gasteiger partial charge in [0.25, 0.3) is 0 Å². The Morgan fingerprint density at radius 2 is 2.50 bits per heavy atom. The minimum absolute atomic E-state index is 0.556. The van der Waals surface area contributed by atoms with Crippen LogP contribution in [0.4, 0.5) is 0 Å². The first-order valence-electron chi connectivity index (χ1n) is 3.99. The Morgan fingerprint density at radius 1 is 1.67 bits per heavy atom.